The number of fused-ring (bicyclic) bond motifs is 1. The van der Waals surface area contributed by atoms with Crippen molar-refractivity contribution < 1.29 is 28.6 Å². The van der Waals surface area contributed by atoms with Crippen LogP contribution < -0.4 is 16.0 Å². The number of nitriles is 1. The molecule has 0 saturated carbocycles. The number of methoxy groups -OCH3 is 3. The molecule has 184 valence electrons. The van der Waals surface area contributed by atoms with Gasteiger partial charge in [0.2, 0.25) is 0 Å². The molecule has 2 aliphatic heterocycles. The molecule has 0 aromatic heterocycles. The first-order chi connectivity index (χ1) is 17.4. The predicted molar refractivity (Wildman–Crippen MR) is 129 cm³/mol. The average molecular weight is 489 g/mol. The van der Waals surface area contributed by atoms with Gasteiger partial charge in [-0.25, -0.2) is 14.4 Å². The first-order valence-electron chi connectivity index (χ1n) is 11.0. The van der Waals surface area contributed by atoms with Crippen LogP contribution >= 0.6 is 0 Å². The van der Waals surface area contributed by atoms with Gasteiger partial charge in [-0.2, -0.15) is 5.26 Å². The number of nitrogens with two attached hydrogens (primary N) is 1. The number of hydrogen-bond donors (Lipinski definition) is 2. The third-order valence-electron chi connectivity index (χ3n) is 6.20. The minimum Gasteiger partial charge on any atom is -0.467 e. The minimum absolute atomic E-state index is 0.0399. The van der Waals surface area contributed by atoms with Crippen LogP contribution in [0.1, 0.15) is 17.0 Å². The molecule has 2 aliphatic rings. The maximum Gasteiger partial charge on any atom is 0.355 e. The molecule has 4 rings (SSSR count). The van der Waals surface area contributed by atoms with E-state index in [9.17, 15) is 19.6 Å². The lowest BCUT2D eigenvalue weighted by Crippen LogP contribution is -2.40. The summed E-state index contributed by atoms with van der Waals surface area (Å²) in [6.07, 6.45) is 0.417. The fourth-order valence-corrected chi connectivity index (χ4v) is 4.54. The molecule has 2 aromatic rings. The molecule has 0 fully saturated rings. The second-order valence-corrected chi connectivity index (χ2v) is 8.10. The Bertz CT molecular complexity index is 1340. The topological polar surface area (TPSA) is 144 Å². The van der Waals surface area contributed by atoms with Crippen molar-refractivity contribution in [3.63, 3.8) is 0 Å². The van der Waals surface area contributed by atoms with Crippen molar-refractivity contribution in [1.82, 2.24) is 0 Å². The van der Waals surface area contributed by atoms with Gasteiger partial charge in [0.15, 0.2) is 0 Å². The summed E-state index contributed by atoms with van der Waals surface area (Å²) in [7, 11) is 3.69. The van der Waals surface area contributed by atoms with E-state index in [0.29, 0.717) is 23.4 Å². The summed E-state index contributed by atoms with van der Waals surface area (Å²) >= 11 is 0. The molecule has 0 radical (unpaired) electrons. The third-order valence-corrected chi connectivity index (χ3v) is 6.20. The van der Waals surface area contributed by atoms with Crippen molar-refractivity contribution in [2.75, 3.05) is 31.5 Å². The van der Waals surface area contributed by atoms with Crippen LogP contribution in [0.25, 0.3) is 0 Å². The van der Waals surface area contributed by atoms with E-state index >= 15 is 0 Å². The minimum atomic E-state index is -0.953. The number of carbonyl (C=O) groups is 3. The Hall–Kier alpha value is -4.78. The van der Waals surface area contributed by atoms with E-state index in [0.717, 1.165) is 5.56 Å². The molecule has 36 heavy (non-hydrogen) atoms. The Kier molecular flexibility index (Phi) is 6.65. The fraction of sp³-hybridized carbons (Fsp3) is 0.231. The Labute approximate surface area is 207 Å². The Morgan fingerprint density at radius 1 is 1.03 bits per heavy atom. The number of anilines is 2. The monoisotopic (exact) mass is 488 g/mol. The highest BCUT2D eigenvalue weighted by Crippen LogP contribution is 2.44. The van der Waals surface area contributed by atoms with Crippen molar-refractivity contribution in [3.05, 3.63) is 82.3 Å². The van der Waals surface area contributed by atoms with Gasteiger partial charge in [-0.1, -0.05) is 36.4 Å². The van der Waals surface area contributed by atoms with Crippen LogP contribution in [0.4, 0.5) is 11.4 Å². The summed E-state index contributed by atoms with van der Waals surface area (Å²) in [6.45, 7) is 0. The van der Waals surface area contributed by atoms with E-state index in [1.807, 2.05) is 0 Å². The van der Waals surface area contributed by atoms with Crippen LogP contribution in [0.2, 0.25) is 0 Å². The quantitative estimate of drug-likeness (QED) is 0.474. The Morgan fingerprint density at radius 3 is 2.33 bits per heavy atom. The van der Waals surface area contributed by atoms with E-state index in [1.54, 1.807) is 48.5 Å². The van der Waals surface area contributed by atoms with E-state index in [1.165, 1.54) is 26.2 Å². The molecule has 0 aliphatic carbocycles. The molecule has 0 saturated heterocycles. The zero-order valence-electron chi connectivity index (χ0n) is 19.9. The highest BCUT2D eigenvalue weighted by molar-refractivity contribution is 6.06. The third kappa shape index (κ3) is 4.01. The first kappa shape index (κ1) is 24.3. The van der Waals surface area contributed by atoms with Gasteiger partial charge in [0.25, 0.3) is 0 Å². The molecule has 3 N–H and O–H groups in total. The summed E-state index contributed by atoms with van der Waals surface area (Å²) < 4.78 is 14.9. The van der Waals surface area contributed by atoms with Gasteiger partial charge in [0.1, 0.15) is 17.6 Å². The van der Waals surface area contributed by atoms with E-state index < -0.39 is 29.9 Å². The number of nitrogens with one attached hydrogen (secondary N) is 1. The van der Waals surface area contributed by atoms with Gasteiger partial charge in [-0.3, -0.25) is 4.90 Å². The van der Waals surface area contributed by atoms with Crippen molar-refractivity contribution in [1.29, 1.82) is 5.26 Å². The highest BCUT2D eigenvalue weighted by Gasteiger charge is 2.43. The smallest absolute Gasteiger partial charge is 0.355 e. The molecule has 2 atom stereocenters. The lowest BCUT2D eigenvalue weighted by Gasteiger charge is -2.36. The van der Waals surface area contributed by atoms with Crippen molar-refractivity contribution in [3.8, 4) is 6.07 Å². The van der Waals surface area contributed by atoms with E-state index in [2.05, 4.69) is 11.4 Å². The number of benzene rings is 2. The maximum atomic E-state index is 13.1. The van der Waals surface area contributed by atoms with Crippen molar-refractivity contribution in [2.45, 2.75) is 18.4 Å². The lowest BCUT2D eigenvalue weighted by molar-refractivity contribution is -0.141. The Morgan fingerprint density at radius 2 is 1.72 bits per heavy atom. The van der Waals surface area contributed by atoms with Crippen LogP contribution in [0.5, 0.6) is 0 Å². The van der Waals surface area contributed by atoms with Crippen molar-refractivity contribution in [2.24, 2.45) is 5.73 Å². The van der Waals surface area contributed by atoms with Gasteiger partial charge in [-0.05, 0) is 23.3 Å². The predicted octanol–water partition coefficient (Wildman–Crippen LogP) is 2.09. The normalized spacial score (nSPS) is 18.7. The van der Waals surface area contributed by atoms with E-state index in [4.69, 9.17) is 19.9 Å². The van der Waals surface area contributed by atoms with Crippen molar-refractivity contribution >= 4 is 29.3 Å². The number of rotatable bonds is 5. The molecule has 10 heteroatoms. The van der Waals surface area contributed by atoms with Crippen LogP contribution in [-0.4, -0.2) is 45.3 Å². The Balaban J connectivity index is 1.94. The zero-order chi connectivity index (χ0) is 26.0. The fourth-order valence-electron chi connectivity index (χ4n) is 4.54. The number of allylic oxidation sites excluding steroid dienone is 1. The summed E-state index contributed by atoms with van der Waals surface area (Å²) in [5.74, 6) is -3.05. The number of nitrogens with zero attached hydrogens (tertiary/aromatic N) is 2. The second-order valence-electron chi connectivity index (χ2n) is 8.10. The molecule has 2 unspecified atom stereocenters. The average Bonchev–Trinajstić information content (AvgIpc) is 3.35. The van der Waals surface area contributed by atoms with Gasteiger partial charge >= 0.3 is 17.9 Å². The van der Waals surface area contributed by atoms with Gasteiger partial charge in [0, 0.05) is 17.8 Å². The molecular formula is C26H24N4O6. The van der Waals surface area contributed by atoms with Gasteiger partial charge in [-0.15, -0.1) is 0 Å². The van der Waals surface area contributed by atoms with Crippen LogP contribution in [0.15, 0.2) is 71.2 Å². The summed E-state index contributed by atoms with van der Waals surface area (Å²) in [6, 6.07) is 15.4. The summed E-state index contributed by atoms with van der Waals surface area (Å²) in [5, 5.41) is 13.2. The second kappa shape index (κ2) is 9.84. The van der Waals surface area contributed by atoms with Crippen LogP contribution in [0.3, 0.4) is 0 Å². The zero-order valence-corrected chi connectivity index (χ0v) is 19.9. The molecule has 2 aromatic carbocycles. The molecule has 0 amide bonds. The number of hydrogen-bond acceptors (Lipinski definition) is 10. The number of ether oxygens (including phenoxy) is 3. The first-order valence-corrected chi connectivity index (χ1v) is 11.0. The summed E-state index contributed by atoms with van der Waals surface area (Å²) in [4.78, 5) is 39.6. The number of esters is 3. The van der Waals surface area contributed by atoms with E-state index in [-0.39, 0.29) is 22.7 Å². The molecule has 0 bridgehead atoms. The molecule has 2 heterocycles. The van der Waals surface area contributed by atoms with Gasteiger partial charge in [0.05, 0.1) is 44.5 Å². The SMILES string of the molecule is COC(=O)C1=C(C(=O)OC)N(c2ccc3c(c2)NC(C(=O)OC)C3)C(N)=C(C#N)C1c1ccccc1. The standard InChI is InChI=1S/C26H24N4O6/c1-34-24(31)19-11-15-9-10-16(12-18(15)29-19)30-22(26(33)36-3)21(25(32)35-2)20(17(13-27)23(30)28)14-7-5-4-6-8-14/h4-10,12,19-20,29H,11,28H2,1-3H3. The molecular weight excluding hydrogens is 464 g/mol. The van der Waals surface area contributed by atoms with Gasteiger partial charge < -0.3 is 25.3 Å². The molecule has 10 nitrogen and oxygen atoms in total. The largest absolute Gasteiger partial charge is 0.467 e. The maximum absolute atomic E-state index is 13.1. The van der Waals surface area contributed by atoms with Crippen LogP contribution in [0, 0.1) is 11.3 Å². The summed E-state index contributed by atoms with van der Waals surface area (Å²) in [5.41, 5.74) is 8.77. The lowest BCUT2D eigenvalue weighted by atomic mass is 9.81. The number of carbonyl (C=O) groups excluding carboxylic acids is 3. The van der Waals surface area contributed by atoms with Crippen LogP contribution in [-0.2, 0) is 35.0 Å². The molecule has 0 spiro atoms. The highest BCUT2D eigenvalue weighted by atomic mass is 16.5.